The number of hydrogen-bond acceptors (Lipinski definition) is 2. The van der Waals surface area contributed by atoms with Gasteiger partial charge in [-0.15, -0.1) is 12.4 Å². The van der Waals surface area contributed by atoms with Gasteiger partial charge in [-0.1, -0.05) is 13.8 Å². The molecule has 2 aliphatic rings. The lowest BCUT2D eigenvalue weighted by molar-refractivity contribution is -0.123. The second-order valence-electron chi connectivity index (χ2n) is 5.37. The molecule has 3 nitrogen and oxygen atoms in total. The third kappa shape index (κ3) is 2.89. The molecule has 1 heterocycles. The molecule has 0 bridgehead atoms. The highest BCUT2D eigenvalue weighted by Gasteiger charge is 2.52. The van der Waals surface area contributed by atoms with Gasteiger partial charge in [0, 0.05) is 12.5 Å². The van der Waals surface area contributed by atoms with E-state index in [4.69, 9.17) is 0 Å². The van der Waals surface area contributed by atoms with Gasteiger partial charge in [0.05, 0.1) is 0 Å². The van der Waals surface area contributed by atoms with E-state index < -0.39 is 0 Å². The lowest BCUT2D eigenvalue weighted by Gasteiger charge is -2.11. The number of nitrogens with one attached hydrogen (secondary N) is 2. The summed E-state index contributed by atoms with van der Waals surface area (Å²) in [4.78, 5) is 11.8. The van der Waals surface area contributed by atoms with Crippen LogP contribution in [0.5, 0.6) is 0 Å². The summed E-state index contributed by atoms with van der Waals surface area (Å²) >= 11 is 0. The van der Waals surface area contributed by atoms with Crippen molar-refractivity contribution in [2.75, 3.05) is 19.6 Å². The summed E-state index contributed by atoms with van der Waals surface area (Å²) in [5.41, 5.74) is 0.304. The summed E-state index contributed by atoms with van der Waals surface area (Å²) in [5, 5.41) is 6.41. The van der Waals surface area contributed by atoms with E-state index in [1.807, 2.05) is 0 Å². The van der Waals surface area contributed by atoms with E-state index >= 15 is 0 Å². The Balaban J connectivity index is 0.00000128. The predicted molar refractivity (Wildman–Crippen MR) is 67.7 cm³/mol. The Morgan fingerprint density at radius 1 is 1.56 bits per heavy atom. The summed E-state index contributed by atoms with van der Waals surface area (Å²) in [7, 11) is 0. The Hall–Kier alpha value is -0.280. The molecule has 4 heteroatoms. The normalized spacial score (nSPS) is 36.6. The Bertz CT molecular complexity index is 253. The SMILES string of the molecule is CCC1(C)CC1C(=O)NCC1CCNC1.Cl. The second-order valence-corrected chi connectivity index (χ2v) is 5.37. The van der Waals surface area contributed by atoms with E-state index in [1.54, 1.807) is 0 Å². The molecule has 0 aromatic carbocycles. The summed E-state index contributed by atoms with van der Waals surface area (Å²) in [6, 6.07) is 0. The maximum absolute atomic E-state index is 11.8. The van der Waals surface area contributed by atoms with E-state index in [0.717, 1.165) is 32.5 Å². The zero-order chi connectivity index (χ0) is 10.9. The van der Waals surface area contributed by atoms with Crippen LogP contribution in [0.25, 0.3) is 0 Å². The average Bonchev–Trinajstić information content (AvgIpc) is 2.70. The Morgan fingerprint density at radius 3 is 2.81 bits per heavy atom. The molecule has 3 atom stereocenters. The first-order valence-electron chi connectivity index (χ1n) is 6.14. The van der Waals surface area contributed by atoms with E-state index in [-0.39, 0.29) is 24.2 Å². The molecule has 1 aliphatic heterocycles. The van der Waals surface area contributed by atoms with Crippen molar-refractivity contribution in [1.29, 1.82) is 0 Å². The Morgan fingerprint density at radius 2 is 2.31 bits per heavy atom. The van der Waals surface area contributed by atoms with Crippen molar-refractivity contribution < 1.29 is 4.79 Å². The van der Waals surface area contributed by atoms with Gasteiger partial charge in [-0.3, -0.25) is 4.79 Å². The fourth-order valence-electron chi connectivity index (χ4n) is 2.46. The summed E-state index contributed by atoms with van der Waals surface area (Å²) in [5.74, 6) is 1.23. The molecule has 0 spiro atoms. The first kappa shape index (κ1) is 13.8. The van der Waals surface area contributed by atoms with Crippen LogP contribution >= 0.6 is 12.4 Å². The van der Waals surface area contributed by atoms with Crippen LogP contribution in [0, 0.1) is 17.3 Å². The highest BCUT2D eigenvalue weighted by Crippen LogP contribution is 2.54. The van der Waals surface area contributed by atoms with Gasteiger partial charge in [0.2, 0.25) is 5.91 Å². The molecule has 16 heavy (non-hydrogen) atoms. The third-order valence-electron chi connectivity index (χ3n) is 4.20. The molecule has 2 fully saturated rings. The minimum atomic E-state index is 0. The van der Waals surface area contributed by atoms with Crippen molar-refractivity contribution in [2.45, 2.75) is 33.1 Å². The monoisotopic (exact) mass is 246 g/mol. The first-order chi connectivity index (χ1) is 7.15. The van der Waals surface area contributed by atoms with Crippen LogP contribution in [0.4, 0.5) is 0 Å². The smallest absolute Gasteiger partial charge is 0.223 e. The molecular formula is C12H23ClN2O. The topological polar surface area (TPSA) is 41.1 Å². The first-order valence-corrected chi connectivity index (χ1v) is 6.14. The molecule has 0 aromatic rings. The maximum Gasteiger partial charge on any atom is 0.223 e. The number of carbonyl (C=O) groups excluding carboxylic acids is 1. The van der Waals surface area contributed by atoms with Crippen molar-refractivity contribution in [3.63, 3.8) is 0 Å². The van der Waals surface area contributed by atoms with Crippen LogP contribution in [0.3, 0.4) is 0 Å². The summed E-state index contributed by atoms with van der Waals surface area (Å²) < 4.78 is 0. The minimum Gasteiger partial charge on any atom is -0.356 e. The van der Waals surface area contributed by atoms with Crippen LogP contribution < -0.4 is 10.6 Å². The van der Waals surface area contributed by atoms with Gasteiger partial charge in [-0.2, -0.15) is 0 Å². The molecule has 1 aliphatic carbocycles. The van der Waals surface area contributed by atoms with Crippen LogP contribution in [0.1, 0.15) is 33.1 Å². The molecule has 2 N–H and O–H groups in total. The minimum absolute atomic E-state index is 0. The van der Waals surface area contributed by atoms with E-state index in [0.29, 0.717) is 11.3 Å². The van der Waals surface area contributed by atoms with Crippen molar-refractivity contribution in [1.82, 2.24) is 10.6 Å². The largest absolute Gasteiger partial charge is 0.356 e. The molecular weight excluding hydrogens is 224 g/mol. The molecule has 1 saturated carbocycles. The highest BCUT2D eigenvalue weighted by atomic mass is 35.5. The van der Waals surface area contributed by atoms with Crippen molar-refractivity contribution in [2.24, 2.45) is 17.3 Å². The van der Waals surface area contributed by atoms with Crippen LogP contribution in [0.15, 0.2) is 0 Å². The molecule has 1 amide bonds. The number of hydrogen-bond donors (Lipinski definition) is 2. The molecule has 0 radical (unpaired) electrons. The average molecular weight is 247 g/mol. The molecule has 94 valence electrons. The Kier molecular flexibility index (Phi) is 4.62. The zero-order valence-electron chi connectivity index (χ0n) is 10.2. The maximum atomic E-state index is 11.8. The molecule has 2 rings (SSSR count). The van der Waals surface area contributed by atoms with Crippen molar-refractivity contribution in [3.05, 3.63) is 0 Å². The molecule has 3 unspecified atom stereocenters. The van der Waals surface area contributed by atoms with E-state index in [1.165, 1.54) is 6.42 Å². The molecule has 0 aromatic heterocycles. The lowest BCUT2D eigenvalue weighted by Crippen LogP contribution is -2.32. The number of amides is 1. The van der Waals surface area contributed by atoms with Gasteiger partial charge >= 0.3 is 0 Å². The van der Waals surface area contributed by atoms with Crippen LogP contribution in [-0.4, -0.2) is 25.5 Å². The lowest BCUT2D eigenvalue weighted by atomic mass is 10.0. The van der Waals surface area contributed by atoms with E-state index in [2.05, 4.69) is 24.5 Å². The van der Waals surface area contributed by atoms with Gasteiger partial charge in [-0.05, 0) is 43.7 Å². The quantitative estimate of drug-likeness (QED) is 0.791. The van der Waals surface area contributed by atoms with Crippen LogP contribution in [0.2, 0.25) is 0 Å². The van der Waals surface area contributed by atoms with E-state index in [9.17, 15) is 4.79 Å². The molecule has 1 saturated heterocycles. The predicted octanol–water partition coefficient (Wildman–Crippen LogP) is 1.57. The highest BCUT2D eigenvalue weighted by molar-refractivity contribution is 5.85. The zero-order valence-corrected chi connectivity index (χ0v) is 11.0. The van der Waals surface area contributed by atoms with Crippen molar-refractivity contribution >= 4 is 18.3 Å². The standard InChI is InChI=1S/C12H22N2O.ClH/c1-3-12(2)6-10(12)11(15)14-8-9-4-5-13-7-9;/h9-10,13H,3-8H2,1-2H3,(H,14,15);1H. The number of carbonyl (C=O) groups is 1. The third-order valence-corrected chi connectivity index (χ3v) is 4.20. The summed E-state index contributed by atoms with van der Waals surface area (Å²) in [6.07, 6.45) is 3.41. The van der Waals surface area contributed by atoms with Gasteiger partial charge in [0.1, 0.15) is 0 Å². The number of halogens is 1. The Labute approximate surface area is 104 Å². The van der Waals surface area contributed by atoms with Gasteiger partial charge in [-0.25, -0.2) is 0 Å². The van der Waals surface area contributed by atoms with Gasteiger partial charge in [0.15, 0.2) is 0 Å². The summed E-state index contributed by atoms with van der Waals surface area (Å²) in [6.45, 7) is 7.43. The number of rotatable bonds is 4. The van der Waals surface area contributed by atoms with Gasteiger partial charge < -0.3 is 10.6 Å². The second kappa shape index (κ2) is 5.37. The van der Waals surface area contributed by atoms with Crippen molar-refractivity contribution in [3.8, 4) is 0 Å². The van der Waals surface area contributed by atoms with Gasteiger partial charge in [0.25, 0.3) is 0 Å². The van der Waals surface area contributed by atoms with Crippen LogP contribution in [-0.2, 0) is 4.79 Å². The fourth-order valence-corrected chi connectivity index (χ4v) is 2.46. The fraction of sp³-hybridized carbons (Fsp3) is 0.917.